The van der Waals surface area contributed by atoms with Crippen LogP contribution in [0.2, 0.25) is 0 Å². The third kappa shape index (κ3) is 3.02. The summed E-state index contributed by atoms with van der Waals surface area (Å²) in [5, 5.41) is 5.94. The van der Waals surface area contributed by atoms with Crippen molar-refractivity contribution in [2.24, 2.45) is 0 Å². The van der Waals surface area contributed by atoms with E-state index in [0.717, 1.165) is 28.4 Å². The van der Waals surface area contributed by atoms with Gasteiger partial charge >= 0.3 is 0 Å². The molecule has 1 atom stereocenters. The molecule has 2 aromatic carbocycles. The Kier molecular flexibility index (Phi) is 4.48. The van der Waals surface area contributed by atoms with E-state index in [4.69, 9.17) is 4.74 Å². The number of amides is 1. The maximum Gasteiger partial charge on any atom is 0.254 e. The van der Waals surface area contributed by atoms with Crippen molar-refractivity contribution in [3.05, 3.63) is 71.3 Å². The predicted octanol–water partition coefficient (Wildman–Crippen LogP) is 2.61. The van der Waals surface area contributed by atoms with Crippen molar-refractivity contribution in [3.63, 3.8) is 0 Å². The van der Waals surface area contributed by atoms with Crippen LogP contribution in [0.5, 0.6) is 0 Å². The minimum absolute atomic E-state index is 0.184. The second kappa shape index (κ2) is 7.31. The molecule has 30 heavy (non-hydrogen) atoms. The molecule has 1 aliphatic heterocycles. The van der Waals surface area contributed by atoms with Gasteiger partial charge in [0.2, 0.25) is 0 Å². The summed E-state index contributed by atoms with van der Waals surface area (Å²) >= 11 is 0. The predicted molar refractivity (Wildman–Crippen MR) is 109 cm³/mol. The molecule has 3 heterocycles. The summed E-state index contributed by atoms with van der Waals surface area (Å²) in [6.07, 6.45) is 1.84. The van der Waals surface area contributed by atoms with Gasteiger partial charge in [-0.3, -0.25) is 9.59 Å². The molecule has 0 bridgehead atoms. The van der Waals surface area contributed by atoms with E-state index in [1.54, 1.807) is 15.5 Å². The van der Waals surface area contributed by atoms with Gasteiger partial charge in [0.1, 0.15) is 12.4 Å². The van der Waals surface area contributed by atoms with Crippen molar-refractivity contribution in [1.29, 1.82) is 0 Å². The number of carbonyl (C=O) groups is 2. The van der Waals surface area contributed by atoms with Gasteiger partial charge in [0.25, 0.3) is 11.7 Å². The van der Waals surface area contributed by atoms with Crippen molar-refractivity contribution >= 4 is 28.7 Å². The highest BCUT2D eigenvalue weighted by molar-refractivity contribution is 6.09. The number of ether oxygens (including phenoxy) is 1. The largest absolute Gasteiger partial charge is 0.368 e. The van der Waals surface area contributed by atoms with Crippen molar-refractivity contribution in [3.8, 4) is 0 Å². The maximum atomic E-state index is 13.3. The molecule has 4 aromatic rings. The van der Waals surface area contributed by atoms with Gasteiger partial charge in [-0.05, 0) is 29.8 Å². The molecule has 8 nitrogen and oxygen atoms in total. The van der Waals surface area contributed by atoms with E-state index >= 15 is 0 Å². The molecule has 0 unspecified atom stereocenters. The lowest BCUT2D eigenvalue weighted by Crippen LogP contribution is -2.43. The minimum atomic E-state index is -0.367. The average Bonchev–Trinajstić information content (AvgIpc) is 3.25. The molecular weight excluding hydrogens is 382 g/mol. The fraction of sp³-hybridized carbons (Fsp3) is 0.227. The topological polar surface area (TPSA) is 89.7 Å². The fourth-order valence-electron chi connectivity index (χ4n) is 3.98. The number of fused-ring (bicyclic) bond motifs is 2. The number of carbonyl (C=O) groups excluding carboxylic acids is 2. The summed E-state index contributed by atoms with van der Waals surface area (Å²) in [4.78, 5) is 35.4. The standard InChI is InChI=1S/C22H19N5O3/c1-14-10-19(27-22(25-14)23-13-24-27)20-11-26(8-9-30-20)21(29)17-7-6-15-4-2-3-5-16(15)18(17)12-28/h2-7,10,12-13,20H,8-9,11H2,1H3/t20-/m0/s1. The zero-order valence-corrected chi connectivity index (χ0v) is 16.4. The van der Waals surface area contributed by atoms with E-state index in [9.17, 15) is 9.59 Å². The molecule has 1 fully saturated rings. The Morgan fingerprint density at radius 2 is 2.10 bits per heavy atom. The normalized spacial score (nSPS) is 16.8. The number of aromatic nitrogens is 4. The molecule has 0 spiro atoms. The van der Waals surface area contributed by atoms with E-state index in [1.807, 2.05) is 43.3 Å². The Labute approximate surface area is 172 Å². The third-order valence-electron chi connectivity index (χ3n) is 5.41. The van der Waals surface area contributed by atoms with Gasteiger partial charge in [-0.25, -0.2) is 4.98 Å². The highest BCUT2D eigenvalue weighted by Crippen LogP contribution is 2.26. The van der Waals surface area contributed by atoms with Crippen LogP contribution in [0, 0.1) is 6.92 Å². The summed E-state index contributed by atoms with van der Waals surface area (Å²) in [5.74, 6) is 0.312. The molecule has 1 amide bonds. The molecule has 8 heteroatoms. The van der Waals surface area contributed by atoms with Crippen LogP contribution in [0.15, 0.2) is 48.8 Å². The van der Waals surface area contributed by atoms with Crippen LogP contribution < -0.4 is 0 Å². The number of hydrogen-bond donors (Lipinski definition) is 0. The molecule has 0 N–H and O–H groups in total. The number of benzene rings is 2. The molecule has 5 rings (SSSR count). The molecule has 0 radical (unpaired) electrons. The molecular formula is C22H19N5O3. The summed E-state index contributed by atoms with van der Waals surface area (Å²) in [7, 11) is 0. The number of morpholine rings is 1. The van der Waals surface area contributed by atoms with E-state index in [1.165, 1.54) is 6.33 Å². The Morgan fingerprint density at radius 1 is 1.23 bits per heavy atom. The van der Waals surface area contributed by atoms with Gasteiger partial charge in [0.05, 0.1) is 24.4 Å². The first-order chi connectivity index (χ1) is 14.7. The van der Waals surface area contributed by atoms with E-state index < -0.39 is 0 Å². The number of hydrogen-bond acceptors (Lipinski definition) is 6. The summed E-state index contributed by atoms with van der Waals surface area (Å²) in [5.41, 5.74) is 2.41. The van der Waals surface area contributed by atoms with Crippen LogP contribution in [0.3, 0.4) is 0 Å². The number of aryl methyl sites for hydroxylation is 1. The quantitative estimate of drug-likeness (QED) is 0.490. The van der Waals surface area contributed by atoms with E-state index in [2.05, 4.69) is 15.1 Å². The van der Waals surface area contributed by atoms with E-state index in [-0.39, 0.29) is 12.0 Å². The Bertz CT molecular complexity index is 1280. The summed E-state index contributed by atoms with van der Waals surface area (Å²) < 4.78 is 7.60. The number of nitrogens with zero attached hydrogens (tertiary/aromatic N) is 5. The van der Waals surface area contributed by atoms with Gasteiger partial charge in [-0.15, -0.1) is 0 Å². The van der Waals surface area contributed by atoms with Crippen LogP contribution in [-0.2, 0) is 4.74 Å². The van der Waals surface area contributed by atoms with Crippen LogP contribution in [0.4, 0.5) is 0 Å². The van der Waals surface area contributed by atoms with Crippen molar-refractivity contribution in [2.75, 3.05) is 19.7 Å². The molecule has 1 aliphatic rings. The smallest absolute Gasteiger partial charge is 0.254 e. The molecule has 1 saturated heterocycles. The van der Waals surface area contributed by atoms with Gasteiger partial charge in [0.15, 0.2) is 6.29 Å². The minimum Gasteiger partial charge on any atom is -0.368 e. The molecule has 150 valence electrons. The van der Waals surface area contributed by atoms with E-state index in [0.29, 0.717) is 36.6 Å². The Morgan fingerprint density at radius 3 is 2.97 bits per heavy atom. The second-order valence-corrected chi connectivity index (χ2v) is 7.27. The SMILES string of the molecule is Cc1cc([C@@H]2CN(C(=O)c3ccc4ccccc4c3C=O)CCO2)n2ncnc2n1. The average molecular weight is 401 g/mol. The van der Waals surface area contributed by atoms with Crippen LogP contribution in [0.1, 0.15) is 38.2 Å². The highest BCUT2D eigenvalue weighted by atomic mass is 16.5. The monoisotopic (exact) mass is 401 g/mol. The van der Waals surface area contributed by atoms with Crippen LogP contribution in [0.25, 0.3) is 16.6 Å². The fourth-order valence-corrected chi connectivity index (χ4v) is 3.98. The molecule has 0 saturated carbocycles. The maximum absolute atomic E-state index is 13.3. The van der Waals surface area contributed by atoms with Crippen molar-refractivity contribution in [1.82, 2.24) is 24.5 Å². The first-order valence-corrected chi connectivity index (χ1v) is 9.71. The zero-order valence-electron chi connectivity index (χ0n) is 16.4. The summed E-state index contributed by atoms with van der Waals surface area (Å²) in [6, 6.07) is 13.1. The van der Waals surface area contributed by atoms with Crippen molar-refractivity contribution in [2.45, 2.75) is 13.0 Å². The summed E-state index contributed by atoms with van der Waals surface area (Å²) in [6.45, 7) is 3.07. The van der Waals surface area contributed by atoms with Gasteiger partial charge in [-0.2, -0.15) is 14.6 Å². The first-order valence-electron chi connectivity index (χ1n) is 9.71. The lowest BCUT2D eigenvalue weighted by atomic mass is 9.98. The zero-order chi connectivity index (χ0) is 20.7. The molecule has 0 aliphatic carbocycles. The lowest BCUT2D eigenvalue weighted by molar-refractivity contribution is -0.0257. The second-order valence-electron chi connectivity index (χ2n) is 7.27. The number of aldehydes is 1. The van der Waals surface area contributed by atoms with Crippen LogP contribution in [-0.4, -0.2) is 56.4 Å². The van der Waals surface area contributed by atoms with Gasteiger partial charge in [0, 0.05) is 17.8 Å². The Balaban J connectivity index is 1.49. The van der Waals surface area contributed by atoms with Gasteiger partial charge in [-0.1, -0.05) is 30.3 Å². The van der Waals surface area contributed by atoms with Crippen molar-refractivity contribution < 1.29 is 14.3 Å². The lowest BCUT2D eigenvalue weighted by Gasteiger charge is -2.33. The highest BCUT2D eigenvalue weighted by Gasteiger charge is 2.29. The Hall–Kier alpha value is -3.65. The molecule has 2 aromatic heterocycles. The van der Waals surface area contributed by atoms with Crippen LogP contribution >= 0.6 is 0 Å². The first kappa shape index (κ1) is 18.4. The van der Waals surface area contributed by atoms with Gasteiger partial charge < -0.3 is 9.64 Å². The number of rotatable bonds is 3. The third-order valence-corrected chi connectivity index (χ3v) is 5.41.